The van der Waals surface area contributed by atoms with Crippen LogP contribution in [-0.4, -0.2) is 49.5 Å². The van der Waals surface area contributed by atoms with E-state index in [1.165, 1.54) is 19.3 Å². The number of rotatable bonds is 7. The predicted molar refractivity (Wildman–Crippen MR) is 113 cm³/mol. The van der Waals surface area contributed by atoms with Gasteiger partial charge in [-0.15, -0.1) is 0 Å². The van der Waals surface area contributed by atoms with Crippen LogP contribution in [0.3, 0.4) is 0 Å². The lowest BCUT2D eigenvalue weighted by Crippen LogP contribution is -2.61. The van der Waals surface area contributed by atoms with E-state index in [0.29, 0.717) is 16.5 Å². The number of amides is 2. The van der Waals surface area contributed by atoms with Crippen molar-refractivity contribution in [2.45, 2.75) is 44.1 Å². The minimum atomic E-state index is -0.212. The van der Waals surface area contributed by atoms with E-state index in [4.69, 9.17) is 16.3 Å². The summed E-state index contributed by atoms with van der Waals surface area (Å²) in [6.45, 7) is 0.325. The number of carbonyl (C=O) groups excluding carboxylic acids is 2. The molecule has 0 atom stereocenters. The van der Waals surface area contributed by atoms with Gasteiger partial charge in [0.25, 0.3) is 0 Å². The van der Waals surface area contributed by atoms with Gasteiger partial charge in [0, 0.05) is 10.6 Å². The van der Waals surface area contributed by atoms with Crippen LogP contribution in [0.4, 0.5) is 5.69 Å². The summed E-state index contributed by atoms with van der Waals surface area (Å²) in [7, 11) is 3.33. The van der Waals surface area contributed by atoms with Crippen molar-refractivity contribution in [2.75, 3.05) is 32.6 Å². The van der Waals surface area contributed by atoms with Crippen LogP contribution >= 0.6 is 11.6 Å². The number of carbonyl (C=O) groups is 2. The Hall–Kier alpha value is -1.79. The molecular formula is C22H30ClN3O3. The molecule has 0 spiro atoms. The standard InChI is InChI=1S/C22H30ClN3O3/c1-26(12-20(27)24-18-8-17(23)3-4-19(18)29-2)13-21(28)25-22-9-14-5-15(10-22)7-16(6-14)11-22/h3-4,8,14-16H,5-7,9-13H2,1-2H3,(H,24,27)(H,25,28). The highest BCUT2D eigenvalue weighted by molar-refractivity contribution is 6.31. The molecule has 0 aromatic heterocycles. The lowest BCUT2D eigenvalue weighted by molar-refractivity contribution is -0.128. The van der Waals surface area contributed by atoms with Crippen LogP contribution in [0.5, 0.6) is 5.75 Å². The SMILES string of the molecule is COc1ccc(Cl)cc1NC(=O)CN(C)CC(=O)NC12CC3CC(CC(C3)C1)C2. The molecule has 29 heavy (non-hydrogen) atoms. The largest absolute Gasteiger partial charge is 0.495 e. The molecule has 2 N–H and O–H groups in total. The zero-order chi connectivity index (χ0) is 20.6. The topological polar surface area (TPSA) is 70.7 Å². The van der Waals surface area contributed by atoms with E-state index in [0.717, 1.165) is 37.0 Å². The highest BCUT2D eigenvalue weighted by atomic mass is 35.5. The van der Waals surface area contributed by atoms with Crippen molar-refractivity contribution < 1.29 is 14.3 Å². The molecule has 4 fully saturated rings. The Bertz CT molecular complexity index is 762. The predicted octanol–water partition coefficient (Wildman–Crippen LogP) is 3.30. The fourth-order valence-corrected chi connectivity index (χ4v) is 6.28. The summed E-state index contributed by atoms with van der Waals surface area (Å²) >= 11 is 6.01. The van der Waals surface area contributed by atoms with Crippen molar-refractivity contribution in [3.05, 3.63) is 23.2 Å². The molecule has 4 aliphatic carbocycles. The molecule has 1 aromatic carbocycles. The van der Waals surface area contributed by atoms with Gasteiger partial charge in [0.15, 0.2) is 0 Å². The summed E-state index contributed by atoms with van der Waals surface area (Å²) in [5.74, 6) is 2.72. The maximum atomic E-state index is 12.7. The second-order valence-electron chi connectivity index (χ2n) is 9.31. The van der Waals surface area contributed by atoms with Gasteiger partial charge in [-0.25, -0.2) is 0 Å². The minimum Gasteiger partial charge on any atom is -0.495 e. The summed E-state index contributed by atoms with van der Waals surface area (Å²) in [5, 5.41) is 6.68. The lowest BCUT2D eigenvalue weighted by atomic mass is 9.53. The Kier molecular flexibility index (Phi) is 5.76. The summed E-state index contributed by atoms with van der Waals surface area (Å²) in [4.78, 5) is 26.9. The zero-order valence-electron chi connectivity index (χ0n) is 17.2. The molecule has 0 unspecified atom stereocenters. The molecule has 0 saturated heterocycles. The number of ether oxygens (including phenoxy) is 1. The van der Waals surface area contributed by atoms with Crippen LogP contribution < -0.4 is 15.4 Å². The zero-order valence-corrected chi connectivity index (χ0v) is 17.9. The Morgan fingerprint density at radius 2 is 1.69 bits per heavy atom. The summed E-state index contributed by atoms with van der Waals surface area (Å²) in [6.07, 6.45) is 7.43. The van der Waals surface area contributed by atoms with E-state index < -0.39 is 0 Å². The summed E-state index contributed by atoms with van der Waals surface area (Å²) in [5.41, 5.74) is 0.528. The average Bonchev–Trinajstić information content (AvgIpc) is 2.59. The Balaban J connectivity index is 1.28. The number of nitrogens with zero attached hydrogens (tertiary/aromatic N) is 1. The highest BCUT2D eigenvalue weighted by Gasteiger charge is 2.51. The number of anilines is 1. The van der Waals surface area contributed by atoms with Gasteiger partial charge in [0.2, 0.25) is 11.8 Å². The maximum absolute atomic E-state index is 12.7. The fraction of sp³-hybridized carbons (Fsp3) is 0.636. The van der Waals surface area contributed by atoms with E-state index in [-0.39, 0.29) is 30.4 Å². The molecular weight excluding hydrogens is 390 g/mol. The van der Waals surface area contributed by atoms with Crippen molar-refractivity contribution in [1.82, 2.24) is 10.2 Å². The molecule has 1 aromatic rings. The van der Waals surface area contributed by atoms with Crippen LogP contribution in [0.25, 0.3) is 0 Å². The molecule has 7 heteroatoms. The third-order valence-corrected chi connectivity index (χ3v) is 6.94. The number of halogens is 1. The number of methoxy groups -OCH3 is 1. The van der Waals surface area contributed by atoms with Crippen molar-refractivity contribution in [1.29, 1.82) is 0 Å². The van der Waals surface area contributed by atoms with Gasteiger partial charge >= 0.3 is 0 Å². The Morgan fingerprint density at radius 3 is 2.28 bits per heavy atom. The first kappa shape index (κ1) is 20.5. The van der Waals surface area contributed by atoms with Gasteiger partial charge in [-0.05, 0) is 81.5 Å². The van der Waals surface area contributed by atoms with Gasteiger partial charge in [0.1, 0.15) is 5.75 Å². The van der Waals surface area contributed by atoms with Crippen molar-refractivity contribution in [2.24, 2.45) is 17.8 Å². The monoisotopic (exact) mass is 419 g/mol. The van der Waals surface area contributed by atoms with E-state index in [2.05, 4.69) is 10.6 Å². The van der Waals surface area contributed by atoms with Gasteiger partial charge in [-0.3, -0.25) is 14.5 Å². The average molecular weight is 420 g/mol. The lowest BCUT2D eigenvalue weighted by Gasteiger charge is -2.57. The van der Waals surface area contributed by atoms with E-state index in [1.54, 1.807) is 37.3 Å². The third-order valence-electron chi connectivity index (χ3n) is 6.71. The van der Waals surface area contributed by atoms with Gasteiger partial charge in [-0.1, -0.05) is 11.6 Å². The number of nitrogens with one attached hydrogen (secondary N) is 2. The van der Waals surface area contributed by atoms with Crippen LogP contribution in [0.15, 0.2) is 18.2 Å². The first-order valence-electron chi connectivity index (χ1n) is 10.5. The Morgan fingerprint density at radius 1 is 1.10 bits per heavy atom. The second kappa shape index (κ2) is 8.15. The van der Waals surface area contributed by atoms with Crippen LogP contribution in [0.1, 0.15) is 38.5 Å². The van der Waals surface area contributed by atoms with Crippen LogP contribution in [0.2, 0.25) is 5.02 Å². The summed E-state index contributed by atoms with van der Waals surface area (Å²) in [6, 6.07) is 5.07. The number of likely N-dealkylation sites (N-methyl/N-ethyl adjacent to an activating group) is 1. The molecule has 5 rings (SSSR count). The first-order valence-corrected chi connectivity index (χ1v) is 10.8. The molecule has 4 aliphatic rings. The normalized spacial score (nSPS) is 29.7. The molecule has 0 heterocycles. The quantitative estimate of drug-likeness (QED) is 0.711. The number of hydrogen-bond donors (Lipinski definition) is 2. The van der Waals surface area contributed by atoms with Crippen molar-refractivity contribution in [3.8, 4) is 5.75 Å². The first-order chi connectivity index (χ1) is 13.8. The van der Waals surface area contributed by atoms with Crippen molar-refractivity contribution >= 4 is 29.1 Å². The molecule has 4 saturated carbocycles. The van der Waals surface area contributed by atoms with Gasteiger partial charge < -0.3 is 15.4 Å². The molecule has 158 valence electrons. The van der Waals surface area contributed by atoms with Crippen molar-refractivity contribution in [3.63, 3.8) is 0 Å². The fourth-order valence-electron chi connectivity index (χ4n) is 6.11. The highest BCUT2D eigenvalue weighted by Crippen LogP contribution is 2.55. The molecule has 0 radical (unpaired) electrons. The second-order valence-corrected chi connectivity index (χ2v) is 9.75. The summed E-state index contributed by atoms with van der Waals surface area (Å²) < 4.78 is 5.25. The maximum Gasteiger partial charge on any atom is 0.238 e. The van der Waals surface area contributed by atoms with E-state index in [9.17, 15) is 9.59 Å². The molecule has 0 aliphatic heterocycles. The van der Waals surface area contributed by atoms with Crippen LogP contribution in [0, 0.1) is 17.8 Å². The molecule has 4 bridgehead atoms. The van der Waals surface area contributed by atoms with E-state index >= 15 is 0 Å². The van der Waals surface area contributed by atoms with Gasteiger partial charge in [-0.2, -0.15) is 0 Å². The third kappa shape index (κ3) is 4.69. The van der Waals surface area contributed by atoms with Crippen LogP contribution in [-0.2, 0) is 9.59 Å². The number of benzene rings is 1. The molecule has 2 amide bonds. The van der Waals surface area contributed by atoms with Gasteiger partial charge in [0.05, 0.1) is 25.9 Å². The van der Waals surface area contributed by atoms with E-state index in [1.807, 2.05) is 0 Å². The molecule has 6 nitrogen and oxygen atoms in total. The smallest absolute Gasteiger partial charge is 0.238 e. The Labute approximate surface area is 177 Å². The minimum absolute atomic E-state index is 0.00306. The number of hydrogen-bond acceptors (Lipinski definition) is 4.